The van der Waals surface area contributed by atoms with Gasteiger partial charge in [-0.05, 0) is 44.0 Å². The molecule has 1 saturated heterocycles. The molecule has 2 unspecified atom stereocenters. The first-order chi connectivity index (χ1) is 19.6. The molecular weight excluding hydrogens is 590 g/mol. The van der Waals surface area contributed by atoms with Crippen LogP contribution in [0.15, 0.2) is 64.9 Å². The zero-order chi connectivity index (χ0) is 29.9. The monoisotopic (exact) mass is 622 g/mol. The Morgan fingerprint density at radius 2 is 1.73 bits per heavy atom. The van der Waals surface area contributed by atoms with Gasteiger partial charge in [-0.1, -0.05) is 47.5 Å². The van der Waals surface area contributed by atoms with Gasteiger partial charge in [0.15, 0.2) is 0 Å². The smallest absolute Gasteiger partial charge is 0.322 e. The van der Waals surface area contributed by atoms with Gasteiger partial charge in [0.2, 0.25) is 8.45 Å². The molecule has 5 N–H and O–H groups in total. The second kappa shape index (κ2) is 15.7. The van der Waals surface area contributed by atoms with E-state index in [4.69, 9.17) is 38.2 Å². The second-order valence-electron chi connectivity index (χ2n) is 9.02. The number of carbonyl (C=O) groups excluding carboxylic acids is 3. The third-order valence-electron chi connectivity index (χ3n) is 6.09. The summed E-state index contributed by atoms with van der Waals surface area (Å²) in [6.07, 6.45) is 2.48. The summed E-state index contributed by atoms with van der Waals surface area (Å²) in [6, 6.07) is 13.2. The van der Waals surface area contributed by atoms with Crippen molar-refractivity contribution in [1.29, 1.82) is 0 Å². The van der Waals surface area contributed by atoms with E-state index in [-0.39, 0.29) is 33.0 Å². The molecule has 0 saturated carbocycles. The molecule has 0 bridgehead atoms. The van der Waals surface area contributed by atoms with Crippen LogP contribution in [0.5, 0.6) is 5.75 Å². The maximum Gasteiger partial charge on any atom is 0.322 e. The summed E-state index contributed by atoms with van der Waals surface area (Å²) in [4.78, 5) is 41.8. The number of nitrogens with zero attached hydrogens (tertiary/aromatic N) is 2. The van der Waals surface area contributed by atoms with Gasteiger partial charge in [0.05, 0.1) is 28.4 Å². The minimum absolute atomic E-state index is 0.0178. The maximum atomic E-state index is 13.0. The van der Waals surface area contributed by atoms with Crippen LogP contribution < -0.4 is 26.0 Å². The van der Waals surface area contributed by atoms with Crippen LogP contribution in [0, 0.1) is 0 Å². The normalized spacial score (nSPS) is 16.4. The molecule has 0 aliphatic carbocycles. The van der Waals surface area contributed by atoms with Crippen molar-refractivity contribution in [1.82, 2.24) is 20.4 Å². The average molecular weight is 623 g/mol. The average Bonchev–Trinajstić information content (AvgIpc) is 2.96. The highest BCUT2D eigenvalue weighted by atomic mass is 35.5. The van der Waals surface area contributed by atoms with Crippen molar-refractivity contribution in [3.63, 3.8) is 0 Å². The summed E-state index contributed by atoms with van der Waals surface area (Å²) in [5.41, 5.74) is 6.01. The van der Waals surface area contributed by atoms with E-state index in [1.165, 1.54) is 32.5 Å². The number of esters is 1. The number of hydrogen-bond acceptors (Lipinski definition) is 9. The molecule has 1 aliphatic rings. The fourth-order valence-electron chi connectivity index (χ4n) is 3.92. The van der Waals surface area contributed by atoms with E-state index >= 15 is 0 Å². The quantitative estimate of drug-likeness (QED) is 0.129. The Bertz CT molecular complexity index is 1270. The van der Waals surface area contributed by atoms with Gasteiger partial charge >= 0.3 is 5.97 Å². The number of aliphatic imine (C=N–C) groups is 1. The van der Waals surface area contributed by atoms with E-state index in [0.29, 0.717) is 31.7 Å². The summed E-state index contributed by atoms with van der Waals surface area (Å²) >= 11 is 12.3. The molecular formula is C27H33Cl2N6O5P. The molecule has 1 aliphatic heterocycles. The number of amides is 2. The lowest BCUT2D eigenvalue weighted by Gasteiger charge is -2.37. The Morgan fingerprint density at radius 3 is 2.32 bits per heavy atom. The zero-order valence-corrected chi connectivity index (χ0v) is 25.3. The number of halogens is 2. The fourth-order valence-corrected chi connectivity index (χ4v) is 6.17. The zero-order valence-electron chi connectivity index (χ0n) is 22.9. The molecule has 0 spiro atoms. The number of allylic oxidation sites excluding steroid dienone is 1. The molecule has 2 aromatic rings. The summed E-state index contributed by atoms with van der Waals surface area (Å²) in [5.74, 6) is -0.903. The molecule has 1 heterocycles. The number of carbonyl (C=O) groups is 3. The van der Waals surface area contributed by atoms with Crippen LogP contribution in [0.2, 0.25) is 10.0 Å². The van der Waals surface area contributed by atoms with E-state index in [2.05, 4.69) is 25.4 Å². The van der Waals surface area contributed by atoms with Crippen LogP contribution in [0.3, 0.4) is 0 Å². The molecule has 220 valence electrons. The number of piperidine rings is 1. The molecule has 3 rings (SSSR count). The molecule has 1 fully saturated rings. The van der Waals surface area contributed by atoms with Gasteiger partial charge in [-0.3, -0.25) is 19.4 Å². The minimum Gasteiger partial charge on any atom is -0.468 e. The van der Waals surface area contributed by atoms with Crippen LogP contribution >= 0.6 is 31.7 Å². The van der Waals surface area contributed by atoms with E-state index in [1.54, 1.807) is 13.0 Å². The van der Waals surface area contributed by atoms with Crippen LogP contribution in [0.25, 0.3) is 0 Å². The molecule has 14 heteroatoms. The van der Waals surface area contributed by atoms with Crippen molar-refractivity contribution in [2.45, 2.75) is 31.8 Å². The third kappa shape index (κ3) is 9.14. The molecule has 41 heavy (non-hydrogen) atoms. The predicted octanol–water partition coefficient (Wildman–Crippen LogP) is 3.63. The predicted molar refractivity (Wildman–Crippen MR) is 161 cm³/mol. The van der Waals surface area contributed by atoms with Gasteiger partial charge < -0.3 is 25.6 Å². The van der Waals surface area contributed by atoms with Gasteiger partial charge in [-0.2, -0.15) is 0 Å². The number of nitrogens with two attached hydrogens (primary N) is 1. The Labute approximate surface area is 250 Å². The second-order valence-corrected chi connectivity index (χ2v) is 11.4. The van der Waals surface area contributed by atoms with Gasteiger partial charge in [0, 0.05) is 32.4 Å². The van der Waals surface area contributed by atoms with Crippen LogP contribution in [0.1, 0.15) is 30.1 Å². The van der Waals surface area contributed by atoms with Gasteiger partial charge in [-0.15, -0.1) is 0 Å². The van der Waals surface area contributed by atoms with Crippen LogP contribution in [-0.2, 0) is 14.3 Å². The Morgan fingerprint density at radius 1 is 1.10 bits per heavy atom. The van der Waals surface area contributed by atoms with E-state index in [1.807, 2.05) is 30.3 Å². The number of para-hydroxylation sites is 1. The summed E-state index contributed by atoms with van der Waals surface area (Å²) in [5, 5.41) is 9.06. The third-order valence-corrected chi connectivity index (χ3v) is 8.62. The highest BCUT2D eigenvalue weighted by molar-refractivity contribution is 7.48. The number of ether oxygens (including phenoxy) is 1. The first-order valence-electron chi connectivity index (χ1n) is 12.7. The van der Waals surface area contributed by atoms with Gasteiger partial charge in [0.1, 0.15) is 17.5 Å². The lowest BCUT2D eigenvalue weighted by atomic mass is 10.1. The Kier molecular flexibility index (Phi) is 12.4. The number of hydrogen-bond donors (Lipinski definition) is 4. The van der Waals surface area contributed by atoms with Crippen LogP contribution in [-0.4, -0.2) is 68.0 Å². The standard InChI is InChI=1S/C27H33Cl2N6O5P/c1-17(27(38)39-3)34-41(40-19-8-5-4-6-9-19)35-14-12-18(13-15-35)32-26(37)24(30)22(16-31-2)33-25(36)23-20(28)10-7-11-21(23)29/h4-11,16-18,34H,12-15,30H2,1-3H3,(H,32,37)(H,33,36)/b24-22+,31-16?. The molecule has 2 amide bonds. The number of rotatable bonds is 11. The lowest BCUT2D eigenvalue weighted by Crippen LogP contribution is -2.47. The summed E-state index contributed by atoms with van der Waals surface area (Å²) in [7, 11) is 1.44. The van der Waals surface area contributed by atoms with Crippen LogP contribution in [0.4, 0.5) is 0 Å². The first-order valence-corrected chi connectivity index (χ1v) is 14.7. The largest absolute Gasteiger partial charge is 0.468 e. The van der Waals surface area contributed by atoms with Crippen molar-refractivity contribution in [3.8, 4) is 5.75 Å². The van der Waals surface area contributed by atoms with Gasteiger partial charge in [-0.25, -0.2) is 9.76 Å². The maximum absolute atomic E-state index is 13.0. The first kappa shape index (κ1) is 32.3. The lowest BCUT2D eigenvalue weighted by molar-refractivity contribution is -0.142. The summed E-state index contributed by atoms with van der Waals surface area (Å²) < 4.78 is 13.2. The topological polar surface area (TPSA) is 147 Å². The number of benzene rings is 2. The SMILES string of the molecule is CN=C/C(NC(=O)c1c(Cl)cccc1Cl)=C(\N)C(=O)NC1CCN(P(NC(C)C(=O)OC)Oc2ccccc2)CC1. The molecule has 11 nitrogen and oxygen atoms in total. The van der Waals surface area contributed by atoms with E-state index in [9.17, 15) is 14.4 Å². The highest BCUT2D eigenvalue weighted by Gasteiger charge is 2.31. The van der Waals surface area contributed by atoms with E-state index < -0.39 is 32.3 Å². The van der Waals surface area contributed by atoms with E-state index in [0.717, 1.165) is 0 Å². The Hall–Kier alpha value is -3.21. The summed E-state index contributed by atoms with van der Waals surface area (Å²) in [6.45, 7) is 2.88. The van der Waals surface area contributed by atoms with Crippen molar-refractivity contribution in [3.05, 3.63) is 75.5 Å². The van der Waals surface area contributed by atoms with Gasteiger partial charge in [0.25, 0.3) is 11.8 Å². The molecule has 0 radical (unpaired) electrons. The highest BCUT2D eigenvalue weighted by Crippen LogP contribution is 2.41. The minimum atomic E-state index is -1.39. The number of methoxy groups -OCH3 is 1. The molecule has 2 aromatic carbocycles. The Balaban J connectivity index is 1.65. The van der Waals surface area contributed by atoms with Crippen molar-refractivity contribution >= 4 is 55.7 Å². The molecule has 2 atom stereocenters. The van der Waals surface area contributed by atoms with Crippen molar-refractivity contribution in [2.75, 3.05) is 27.2 Å². The van der Waals surface area contributed by atoms with Crippen molar-refractivity contribution in [2.24, 2.45) is 10.7 Å². The number of nitrogens with one attached hydrogen (secondary N) is 3. The van der Waals surface area contributed by atoms with Crippen molar-refractivity contribution < 1.29 is 23.6 Å². The fraction of sp³-hybridized carbons (Fsp3) is 0.333. The molecule has 0 aromatic heterocycles.